The molecule has 226 valence electrons. The van der Waals surface area contributed by atoms with Gasteiger partial charge in [-0.1, -0.05) is 105 Å². The van der Waals surface area contributed by atoms with E-state index < -0.39 is 0 Å². The summed E-state index contributed by atoms with van der Waals surface area (Å²) in [5, 5.41) is 3.74. The second kappa shape index (κ2) is 21.1. The predicted octanol–water partition coefficient (Wildman–Crippen LogP) is 11.3. The van der Waals surface area contributed by atoms with Gasteiger partial charge < -0.3 is 9.47 Å². The summed E-state index contributed by atoms with van der Waals surface area (Å²) >= 11 is 3.04. The van der Waals surface area contributed by atoms with Gasteiger partial charge in [0.15, 0.2) is 0 Å². The lowest BCUT2D eigenvalue weighted by Gasteiger charge is -2.16. The number of rotatable bonds is 23. The smallest absolute Gasteiger partial charge is 0.339 e. The standard InChI is InChI=1S/C34H54O4S2/c1-5-9-13-15-19-27(17-11-7-3)23-37-33(35)29-21-31(39-25-29)32-22-30(26-40-32)34(36)38-24-28(18-12-8-4)20-16-14-10-6-2/h21-22,25-28H,5-20,23-24H2,1-4H3. The van der Waals surface area contributed by atoms with Crippen molar-refractivity contribution in [3.8, 4) is 9.75 Å². The van der Waals surface area contributed by atoms with Gasteiger partial charge in [0.2, 0.25) is 0 Å². The molecule has 0 bridgehead atoms. The van der Waals surface area contributed by atoms with Crippen LogP contribution in [0, 0.1) is 11.8 Å². The van der Waals surface area contributed by atoms with E-state index in [-0.39, 0.29) is 11.9 Å². The fourth-order valence-corrected chi connectivity index (χ4v) is 6.89. The number of hydrogen-bond donors (Lipinski definition) is 0. The maximum absolute atomic E-state index is 12.8. The molecule has 0 aromatic carbocycles. The van der Waals surface area contributed by atoms with Crippen molar-refractivity contribution in [1.82, 2.24) is 0 Å². The summed E-state index contributed by atoms with van der Waals surface area (Å²) in [4.78, 5) is 27.6. The van der Waals surface area contributed by atoms with Crippen LogP contribution in [0.3, 0.4) is 0 Å². The Hall–Kier alpha value is -1.66. The molecule has 6 heteroatoms. The Morgan fingerprint density at radius 2 is 0.950 bits per heavy atom. The monoisotopic (exact) mass is 590 g/mol. The summed E-state index contributed by atoms with van der Waals surface area (Å²) in [6.07, 6.45) is 19.2. The van der Waals surface area contributed by atoms with Gasteiger partial charge in [0.05, 0.1) is 24.3 Å². The zero-order valence-electron chi connectivity index (χ0n) is 25.6. The summed E-state index contributed by atoms with van der Waals surface area (Å²) in [6.45, 7) is 9.89. The van der Waals surface area contributed by atoms with E-state index in [2.05, 4.69) is 27.7 Å². The van der Waals surface area contributed by atoms with Crippen molar-refractivity contribution in [2.24, 2.45) is 11.8 Å². The highest BCUT2D eigenvalue weighted by Crippen LogP contribution is 2.33. The first-order valence-corrected chi connectivity index (χ1v) is 17.8. The molecule has 0 radical (unpaired) electrons. The third kappa shape index (κ3) is 13.3. The van der Waals surface area contributed by atoms with Crippen molar-refractivity contribution in [3.05, 3.63) is 34.0 Å². The second-order valence-electron chi connectivity index (χ2n) is 11.3. The highest BCUT2D eigenvalue weighted by Gasteiger charge is 2.18. The molecule has 4 nitrogen and oxygen atoms in total. The van der Waals surface area contributed by atoms with Gasteiger partial charge in [0.1, 0.15) is 0 Å². The summed E-state index contributed by atoms with van der Waals surface area (Å²) in [6, 6.07) is 3.79. The second-order valence-corrected chi connectivity index (χ2v) is 13.1. The normalized spacial score (nSPS) is 12.8. The van der Waals surface area contributed by atoms with Gasteiger partial charge >= 0.3 is 11.9 Å². The third-order valence-electron chi connectivity index (χ3n) is 7.68. The van der Waals surface area contributed by atoms with Crippen LogP contribution in [0.5, 0.6) is 0 Å². The molecule has 0 aliphatic carbocycles. The highest BCUT2D eigenvalue weighted by molar-refractivity contribution is 7.20. The Bertz CT molecular complexity index is 871. The number of ether oxygens (including phenoxy) is 2. The fourth-order valence-electron chi connectivity index (χ4n) is 5.03. The number of hydrogen-bond acceptors (Lipinski definition) is 6. The van der Waals surface area contributed by atoms with Crippen LogP contribution in [0.2, 0.25) is 0 Å². The summed E-state index contributed by atoms with van der Waals surface area (Å²) in [5.41, 5.74) is 1.19. The van der Waals surface area contributed by atoms with E-state index in [0.717, 1.165) is 35.4 Å². The van der Waals surface area contributed by atoms with Crippen LogP contribution < -0.4 is 0 Å². The van der Waals surface area contributed by atoms with E-state index in [4.69, 9.17) is 9.47 Å². The molecule has 0 saturated carbocycles. The zero-order chi connectivity index (χ0) is 29.0. The molecule has 0 fully saturated rings. The predicted molar refractivity (Wildman–Crippen MR) is 172 cm³/mol. The molecule has 0 aliphatic heterocycles. The van der Waals surface area contributed by atoms with E-state index >= 15 is 0 Å². The van der Waals surface area contributed by atoms with Gasteiger partial charge in [0.25, 0.3) is 0 Å². The van der Waals surface area contributed by atoms with Crippen LogP contribution in [0.1, 0.15) is 151 Å². The average molecular weight is 591 g/mol. The lowest BCUT2D eigenvalue weighted by atomic mass is 9.96. The van der Waals surface area contributed by atoms with E-state index in [1.54, 1.807) is 0 Å². The Kier molecular flexibility index (Phi) is 18.2. The number of esters is 2. The molecule has 40 heavy (non-hydrogen) atoms. The molecule has 0 amide bonds. The first kappa shape index (κ1) is 34.5. The molecular formula is C34H54O4S2. The Morgan fingerprint density at radius 1 is 0.575 bits per heavy atom. The fraction of sp³-hybridized carbons (Fsp3) is 0.706. The first-order valence-electron chi connectivity index (χ1n) is 16.0. The molecule has 2 unspecified atom stereocenters. The van der Waals surface area contributed by atoms with Crippen LogP contribution in [0.15, 0.2) is 22.9 Å². The van der Waals surface area contributed by atoms with Gasteiger partial charge in [-0.05, 0) is 49.7 Å². The van der Waals surface area contributed by atoms with Gasteiger partial charge in [-0.25, -0.2) is 9.59 Å². The van der Waals surface area contributed by atoms with E-state index in [9.17, 15) is 9.59 Å². The molecule has 2 atom stereocenters. The lowest BCUT2D eigenvalue weighted by Crippen LogP contribution is -2.14. The van der Waals surface area contributed by atoms with Gasteiger partial charge in [-0.2, -0.15) is 0 Å². The minimum atomic E-state index is -0.245. The van der Waals surface area contributed by atoms with Crippen LogP contribution in [0.4, 0.5) is 0 Å². The molecule has 0 aliphatic rings. The van der Waals surface area contributed by atoms with Crippen molar-refractivity contribution in [3.63, 3.8) is 0 Å². The van der Waals surface area contributed by atoms with Gasteiger partial charge in [0, 0.05) is 20.5 Å². The average Bonchev–Trinajstić information content (AvgIpc) is 3.65. The quantitative estimate of drug-likeness (QED) is 0.0954. The van der Waals surface area contributed by atoms with Crippen molar-refractivity contribution >= 4 is 34.6 Å². The van der Waals surface area contributed by atoms with Crippen molar-refractivity contribution in [1.29, 1.82) is 0 Å². The van der Waals surface area contributed by atoms with Crippen molar-refractivity contribution in [2.75, 3.05) is 13.2 Å². The van der Waals surface area contributed by atoms with E-state index in [0.29, 0.717) is 36.2 Å². The molecule has 0 N–H and O–H groups in total. The molecule has 2 aromatic heterocycles. The third-order valence-corrected chi connectivity index (χ3v) is 9.73. The van der Waals surface area contributed by atoms with Crippen molar-refractivity contribution in [2.45, 2.75) is 130 Å². The molecule has 0 saturated heterocycles. The summed E-state index contributed by atoms with van der Waals surface area (Å²) in [5.74, 6) is 0.405. The molecule has 2 rings (SSSR count). The molecular weight excluding hydrogens is 537 g/mol. The largest absolute Gasteiger partial charge is 0.462 e. The number of carbonyl (C=O) groups is 2. The number of thiophene rings is 2. The van der Waals surface area contributed by atoms with Crippen LogP contribution in [-0.4, -0.2) is 25.2 Å². The molecule has 0 spiro atoms. The van der Waals surface area contributed by atoms with Crippen LogP contribution in [0.25, 0.3) is 9.75 Å². The Balaban J connectivity index is 1.88. The maximum Gasteiger partial charge on any atom is 0.339 e. The number of unbranched alkanes of at least 4 members (excludes halogenated alkanes) is 8. The maximum atomic E-state index is 12.8. The Morgan fingerprint density at radius 3 is 1.32 bits per heavy atom. The zero-order valence-corrected chi connectivity index (χ0v) is 27.3. The van der Waals surface area contributed by atoms with Crippen molar-refractivity contribution < 1.29 is 19.1 Å². The highest BCUT2D eigenvalue weighted by atomic mass is 32.1. The van der Waals surface area contributed by atoms with E-state index in [1.807, 2.05) is 22.9 Å². The topological polar surface area (TPSA) is 52.6 Å². The summed E-state index contributed by atoms with van der Waals surface area (Å²) < 4.78 is 11.5. The molecule has 2 aromatic rings. The van der Waals surface area contributed by atoms with E-state index in [1.165, 1.54) is 99.7 Å². The minimum Gasteiger partial charge on any atom is -0.462 e. The van der Waals surface area contributed by atoms with Crippen LogP contribution in [-0.2, 0) is 9.47 Å². The Labute approximate surface area is 252 Å². The number of carbonyl (C=O) groups excluding carboxylic acids is 2. The van der Waals surface area contributed by atoms with Crippen LogP contribution >= 0.6 is 22.7 Å². The lowest BCUT2D eigenvalue weighted by molar-refractivity contribution is 0.0414. The summed E-state index contributed by atoms with van der Waals surface area (Å²) in [7, 11) is 0. The molecule has 2 heterocycles. The SMILES string of the molecule is CCCCCCC(CCCC)COC(=O)c1csc(-c2cc(C(=O)OCC(CCCC)CCCCCC)cs2)c1. The van der Waals surface area contributed by atoms with Gasteiger partial charge in [-0.3, -0.25) is 0 Å². The first-order chi connectivity index (χ1) is 19.5. The van der Waals surface area contributed by atoms with Gasteiger partial charge in [-0.15, -0.1) is 22.7 Å². The minimum absolute atomic E-state index is 0.245.